The normalized spacial score (nSPS) is 25.9. The molecule has 6 heteroatoms. The maximum atomic E-state index is 12.1. The Balaban J connectivity index is 1.69. The maximum Gasteiger partial charge on any atom is 0.253 e. The van der Waals surface area contributed by atoms with Crippen LogP contribution in [0.25, 0.3) is 0 Å². The van der Waals surface area contributed by atoms with Gasteiger partial charge in [0.15, 0.2) is 6.10 Å². The summed E-state index contributed by atoms with van der Waals surface area (Å²) in [6.45, 7) is 7.37. The van der Waals surface area contributed by atoms with Gasteiger partial charge in [0.25, 0.3) is 5.91 Å². The number of rotatable bonds is 4. The highest BCUT2D eigenvalue weighted by atomic mass is 16.6. The van der Waals surface area contributed by atoms with Gasteiger partial charge in [-0.25, -0.2) is 0 Å². The van der Waals surface area contributed by atoms with E-state index in [1.165, 1.54) is 0 Å². The molecule has 6 nitrogen and oxygen atoms in total. The van der Waals surface area contributed by atoms with Crippen molar-refractivity contribution in [2.75, 3.05) is 66.1 Å². The number of nitrogens with zero attached hydrogens (tertiary/aromatic N) is 2. The summed E-state index contributed by atoms with van der Waals surface area (Å²) >= 11 is 0. The number of piperazine rings is 1. The molecule has 0 spiro atoms. The first-order valence-corrected chi connectivity index (χ1v) is 6.65. The van der Waals surface area contributed by atoms with Gasteiger partial charge >= 0.3 is 0 Å². The van der Waals surface area contributed by atoms with Crippen LogP contribution in [0.5, 0.6) is 0 Å². The maximum absolute atomic E-state index is 12.1. The fourth-order valence-corrected chi connectivity index (χ4v) is 2.21. The monoisotopic (exact) mass is 257 g/mol. The van der Waals surface area contributed by atoms with Gasteiger partial charge in [0.2, 0.25) is 0 Å². The number of hydrogen-bond acceptors (Lipinski definition) is 5. The molecule has 2 fully saturated rings. The van der Waals surface area contributed by atoms with Crippen LogP contribution in [0.1, 0.15) is 0 Å². The van der Waals surface area contributed by atoms with E-state index in [-0.39, 0.29) is 5.91 Å². The standard InChI is InChI=1S/C12H23N3O3/c1-14(6-7-15-4-2-13-3-5-15)12(16)11-10-17-8-9-18-11/h11,13H,2-10H2,1H3. The number of hydrogen-bond donors (Lipinski definition) is 1. The van der Waals surface area contributed by atoms with Gasteiger partial charge in [-0.2, -0.15) is 0 Å². The van der Waals surface area contributed by atoms with E-state index in [1.54, 1.807) is 4.90 Å². The third-order valence-corrected chi connectivity index (χ3v) is 3.43. The third-order valence-electron chi connectivity index (χ3n) is 3.43. The average Bonchev–Trinajstić information content (AvgIpc) is 2.46. The fraction of sp³-hybridized carbons (Fsp3) is 0.917. The minimum atomic E-state index is -0.410. The van der Waals surface area contributed by atoms with Crippen molar-refractivity contribution in [3.05, 3.63) is 0 Å². The number of amides is 1. The first-order chi connectivity index (χ1) is 8.77. The number of likely N-dealkylation sites (N-methyl/N-ethyl adjacent to an activating group) is 1. The number of carbonyl (C=O) groups is 1. The molecule has 0 aromatic rings. The molecule has 2 rings (SSSR count). The molecular weight excluding hydrogens is 234 g/mol. The van der Waals surface area contributed by atoms with Crippen LogP contribution < -0.4 is 5.32 Å². The van der Waals surface area contributed by atoms with E-state index < -0.39 is 6.10 Å². The van der Waals surface area contributed by atoms with Gasteiger partial charge < -0.3 is 19.7 Å². The first kappa shape index (κ1) is 13.7. The minimum absolute atomic E-state index is 0.0323. The SMILES string of the molecule is CN(CCN1CCNCC1)C(=O)C1COCCO1. The summed E-state index contributed by atoms with van der Waals surface area (Å²) in [6, 6.07) is 0. The second-order valence-corrected chi connectivity index (χ2v) is 4.79. The summed E-state index contributed by atoms with van der Waals surface area (Å²) in [4.78, 5) is 16.2. The molecule has 0 saturated carbocycles. The Morgan fingerprint density at radius 2 is 2.17 bits per heavy atom. The molecule has 0 aliphatic carbocycles. The number of ether oxygens (including phenoxy) is 2. The lowest BCUT2D eigenvalue weighted by Crippen LogP contribution is -2.49. The molecular formula is C12H23N3O3. The van der Waals surface area contributed by atoms with Gasteiger partial charge in [-0.05, 0) is 0 Å². The summed E-state index contributed by atoms with van der Waals surface area (Å²) in [5.74, 6) is 0.0323. The van der Waals surface area contributed by atoms with E-state index in [0.29, 0.717) is 19.8 Å². The molecule has 0 aromatic carbocycles. The average molecular weight is 257 g/mol. The molecule has 0 radical (unpaired) electrons. The quantitative estimate of drug-likeness (QED) is 0.683. The van der Waals surface area contributed by atoms with Crippen LogP contribution >= 0.6 is 0 Å². The van der Waals surface area contributed by atoms with Crippen molar-refractivity contribution in [3.8, 4) is 0 Å². The predicted molar refractivity (Wildman–Crippen MR) is 67.5 cm³/mol. The zero-order valence-corrected chi connectivity index (χ0v) is 11.1. The highest BCUT2D eigenvalue weighted by Gasteiger charge is 2.25. The predicted octanol–water partition coefficient (Wildman–Crippen LogP) is -1.23. The second-order valence-electron chi connectivity index (χ2n) is 4.79. The highest BCUT2D eigenvalue weighted by Crippen LogP contribution is 2.04. The Hall–Kier alpha value is -0.690. The lowest BCUT2D eigenvalue weighted by atomic mass is 10.3. The Morgan fingerprint density at radius 3 is 2.83 bits per heavy atom. The summed E-state index contributed by atoms with van der Waals surface area (Å²) in [5.41, 5.74) is 0. The number of carbonyl (C=O) groups excluding carboxylic acids is 1. The van der Waals surface area contributed by atoms with E-state index >= 15 is 0 Å². The van der Waals surface area contributed by atoms with Crippen LogP contribution in [0.3, 0.4) is 0 Å². The van der Waals surface area contributed by atoms with Crippen molar-refractivity contribution in [1.29, 1.82) is 0 Å². The summed E-state index contributed by atoms with van der Waals surface area (Å²) in [5, 5.41) is 3.32. The van der Waals surface area contributed by atoms with Gasteiger partial charge in [0, 0.05) is 46.3 Å². The van der Waals surface area contributed by atoms with Gasteiger partial charge in [-0.1, -0.05) is 0 Å². The van der Waals surface area contributed by atoms with Gasteiger partial charge in [-0.15, -0.1) is 0 Å². The summed E-state index contributed by atoms with van der Waals surface area (Å²) in [7, 11) is 1.84. The van der Waals surface area contributed by atoms with Gasteiger partial charge in [-0.3, -0.25) is 9.69 Å². The molecule has 104 valence electrons. The second kappa shape index (κ2) is 7.04. The minimum Gasteiger partial charge on any atom is -0.376 e. The van der Waals surface area contributed by atoms with E-state index in [4.69, 9.17) is 9.47 Å². The molecule has 18 heavy (non-hydrogen) atoms. The topological polar surface area (TPSA) is 54.0 Å². The Labute approximate surface area is 108 Å². The van der Waals surface area contributed by atoms with Gasteiger partial charge in [0.1, 0.15) is 0 Å². The molecule has 0 aromatic heterocycles. The molecule has 0 bridgehead atoms. The van der Waals surface area contributed by atoms with Gasteiger partial charge in [0.05, 0.1) is 19.8 Å². The van der Waals surface area contributed by atoms with Crippen molar-refractivity contribution >= 4 is 5.91 Å². The van der Waals surface area contributed by atoms with Crippen molar-refractivity contribution in [2.24, 2.45) is 0 Å². The molecule has 1 amide bonds. The molecule has 2 heterocycles. The largest absolute Gasteiger partial charge is 0.376 e. The van der Waals surface area contributed by atoms with E-state index in [0.717, 1.165) is 39.3 Å². The zero-order chi connectivity index (χ0) is 12.8. The van der Waals surface area contributed by atoms with Crippen molar-refractivity contribution in [1.82, 2.24) is 15.1 Å². The van der Waals surface area contributed by atoms with E-state index in [1.807, 2.05) is 7.05 Å². The lowest BCUT2D eigenvalue weighted by Gasteiger charge is -2.31. The van der Waals surface area contributed by atoms with E-state index in [9.17, 15) is 4.79 Å². The molecule has 2 saturated heterocycles. The van der Waals surface area contributed by atoms with Crippen LogP contribution in [-0.4, -0.2) is 87.9 Å². The Bertz CT molecular complexity index is 263. The molecule has 1 N–H and O–H groups in total. The smallest absolute Gasteiger partial charge is 0.253 e. The first-order valence-electron chi connectivity index (χ1n) is 6.65. The van der Waals surface area contributed by atoms with Crippen molar-refractivity contribution in [3.63, 3.8) is 0 Å². The molecule has 1 unspecified atom stereocenters. The molecule has 1 atom stereocenters. The third kappa shape index (κ3) is 3.91. The highest BCUT2D eigenvalue weighted by molar-refractivity contribution is 5.80. The Morgan fingerprint density at radius 1 is 1.39 bits per heavy atom. The van der Waals surface area contributed by atoms with Crippen LogP contribution in [0.4, 0.5) is 0 Å². The van der Waals surface area contributed by atoms with Crippen LogP contribution in [0, 0.1) is 0 Å². The molecule has 2 aliphatic rings. The summed E-state index contributed by atoms with van der Waals surface area (Å²) < 4.78 is 10.7. The van der Waals surface area contributed by atoms with Crippen molar-refractivity contribution < 1.29 is 14.3 Å². The van der Waals surface area contributed by atoms with Crippen molar-refractivity contribution in [2.45, 2.75) is 6.10 Å². The lowest BCUT2D eigenvalue weighted by molar-refractivity contribution is -0.156. The van der Waals surface area contributed by atoms with Crippen LogP contribution in [0.2, 0.25) is 0 Å². The zero-order valence-electron chi connectivity index (χ0n) is 11.1. The fourth-order valence-electron chi connectivity index (χ4n) is 2.21. The Kier molecular flexibility index (Phi) is 5.37. The number of nitrogens with one attached hydrogen (secondary N) is 1. The van der Waals surface area contributed by atoms with E-state index in [2.05, 4.69) is 10.2 Å². The summed E-state index contributed by atoms with van der Waals surface area (Å²) in [6.07, 6.45) is -0.410. The van der Waals surface area contributed by atoms with Crippen LogP contribution in [-0.2, 0) is 14.3 Å². The molecule has 2 aliphatic heterocycles. The van der Waals surface area contributed by atoms with Crippen LogP contribution in [0.15, 0.2) is 0 Å².